The Hall–Kier alpha value is -1.79. The predicted octanol–water partition coefficient (Wildman–Crippen LogP) is 2.94. The first-order valence-corrected chi connectivity index (χ1v) is 9.13. The number of benzene rings is 1. The molecule has 0 bridgehead atoms. The lowest BCUT2D eigenvalue weighted by Crippen LogP contribution is -2.50. The van der Waals surface area contributed by atoms with E-state index in [0.717, 1.165) is 24.5 Å². The summed E-state index contributed by atoms with van der Waals surface area (Å²) in [6, 6.07) is 7.92. The van der Waals surface area contributed by atoms with Crippen molar-refractivity contribution in [2.45, 2.75) is 52.1 Å². The summed E-state index contributed by atoms with van der Waals surface area (Å²) >= 11 is 0. The highest BCUT2D eigenvalue weighted by Crippen LogP contribution is 2.29. The standard InChI is InChI=1S/C19H29N3O3/c1-13-9-21(10-14(2)24-13)18-8-6-5-7-17(18)20-19(23)22-11-15(3)25-16(4)12-22/h5-8,13-16H,9-12H2,1-4H3,(H,20,23). The van der Waals surface area contributed by atoms with Gasteiger partial charge in [-0.3, -0.25) is 0 Å². The van der Waals surface area contributed by atoms with Gasteiger partial charge in [-0.2, -0.15) is 0 Å². The van der Waals surface area contributed by atoms with Crippen LogP contribution in [0, 0.1) is 0 Å². The number of ether oxygens (including phenoxy) is 2. The molecule has 1 aromatic carbocycles. The molecule has 2 aliphatic heterocycles. The Balaban J connectivity index is 1.73. The molecule has 2 fully saturated rings. The fourth-order valence-electron chi connectivity index (χ4n) is 3.77. The second-order valence-electron chi connectivity index (χ2n) is 7.27. The summed E-state index contributed by atoms with van der Waals surface area (Å²) in [5, 5.41) is 3.10. The van der Waals surface area contributed by atoms with Crippen LogP contribution in [-0.4, -0.2) is 61.5 Å². The molecular formula is C19H29N3O3. The lowest BCUT2D eigenvalue weighted by Gasteiger charge is -2.38. The Morgan fingerprint density at radius 3 is 2.04 bits per heavy atom. The van der Waals surface area contributed by atoms with E-state index in [1.807, 2.05) is 36.9 Å². The SMILES string of the molecule is CC1CN(C(=O)Nc2ccccc2N2CC(C)OC(C)C2)CC(C)O1. The average molecular weight is 347 g/mol. The molecular weight excluding hydrogens is 318 g/mol. The van der Waals surface area contributed by atoms with Crippen LogP contribution in [0.15, 0.2) is 24.3 Å². The van der Waals surface area contributed by atoms with Gasteiger partial charge < -0.3 is 24.6 Å². The number of hydrogen-bond acceptors (Lipinski definition) is 4. The van der Waals surface area contributed by atoms with E-state index in [9.17, 15) is 4.79 Å². The molecule has 2 saturated heterocycles. The third-order valence-corrected chi connectivity index (χ3v) is 4.61. The zero-order valence-electron chi connectivity index (χ0n) is 15.6. The third kappa shape index (κ3) is 4.44. The van der Waals surface area contributed by atoms with E-state index >= 15 is 0 Å². The van der Waals surface area contributed by atoms with Gasteiger partial charge in [-0.05, 0) is 39.8 Å². The minimum atomic E-state index is -0.0659. The number of amides is 2. The van der Waals surface area contributed by atoms with Crippen LogP contribution in [0.4, 0.5) is 16.2 Å². The van der Waals surface area contributed by atoms with Crippen LogP contribution in [0.2, 0.25) is 0 Å². The Bertz CT molecular complexity index is 589. The molecule has 1 N–H and O–H groups in total. The van der Waals surface area contributed by atoms with E-state index in [2.05, 4.69) is 30.1 Å². The first kappa shape index (κ1) is 18.0. The van der Waals surface area contributed by atoms with Gasteiger partial charge in [0.15, 0.2) is 0 Å². The monoisotopic (exact) mass is 347 g/mol. The summed E-state index contributed by atoms with van der Waals surface area (Å²) in [6.07, 6.45) is 0.471. The van der Waals surface area contributed by atoms with Crippen LogP contribution in [0.3, 0.4) is 0 Å². The van der Waals surface area contributed by atoms with Crippen molar-refractivity contribution in [2.24, 2.45) is 0 Å². The number of nitrogens with zero attached hydrogens (tertiary/aromatic N) is 2. The van der Waals surface area contributed by atoms with Gasteiger partial charge in [0.25, 0.3) is 0 Å². The van der Waals surface area contributed by atoms with Crippen LogP contribution in [0.5, 0.6) is 0 Å². The Kier molecular flexibility index (Phi) is 5.49. The van der Waals surface area contributed by atoms with Gasteiger partial charge in [-0.1, -0.05) is 12.1 Å². The van der Waals surface area contributed by atoms with Crippen molar-refractivity contribution >= 4 is 17.4 Å². The van der Waals surface area contributed by atoms with Gasteiger partial charge in [0.1, 0.15) is 0 Å². The van der Waals surface area contributed by atoms with Gasteiger partial charge in [0.2, 0.25) is 0 Å². The summed E-state index contributed by atoms with van der Waals surface area (Å²) in [7, 11) is 0. The Morgan fingerprint density at radius 1 is 0.920 bits per heavy atom. The second-order valence-corrected chi connectivity index (χ2v) is 7.27. The van der Waals surface area contributed by atoms with Crippen molar-refractivity contribution in [2.75, 3.05) is 36.4 Å². The molecule has 0 saturated carbocycles. The number of carbonyl (C=O) groups is 1. The summed E-state index contributed by atoms with van der Waals surface area (Å²) in [5.74, 6) is 0. The highest BCUT2D eigenvalue weighted by molar-refractivity contribution is 5.93. The van der Waals surface area contributed by atoms with Gasteiger partial charge in [0.05, 0.1) is 35.8 Å². The smallest absolute Gasteiger partial charge is 0.322 e. The van der Waals surface area contributed by atoms with Gasteiger partial charge >= 0.3 is 6.03 Å². The fourth-order valence-corrected chi connectivity index (χ4v) is 3.77. The van der Waals surface area contributed by atoms with E-state index in [1.54, 1.807) is 0 Å². The number of hydrogen-bond donors (Lipinski definition) is 1. The Labute approximate surface area is 150 Å². The first-order chi connectivity index (χ1) is 11.9. The molecule has 0 aliphatic carbocycles. The van der Waals surface area contributed by atoms with E-state index < -0.39 is 0 Å². The van der Waals surface area contributed by atoms with Crippen LogP contribution in [-0.2, 0) is 9.47 Å². The molecule has 2 aliphatic rings. The normalized spacial score (nSPS) is 30.2. The molecule has 4 unspecified atom stereocenters. The molecule has 0 spiro atoms. The number of carbonyl (C=O) groups excluding carboxylic acids is 1. The van der Waals surface area contributed by atoms with Crippen LogP contribution in [0.1, 0.15) is 27.7 Å². The van der Waals surface area contributed by atoms with E-state index in [-0.39, 0.29) is 30.4 Å². The van der Waals surface area contributed by atoms with Gasteiger partial charge in [-0.25, -0.2) is 4.79 Å². The molecule has 3 rings (SSSR count). The van der Waals surface area contributed by atoms with Gasteiger partial charge in [0, 0.05) is 26.2 Å². The van der Waals surface area contributed by atoms with E-state index in [0.29, 0.717) is 13.1 Å². The topological polar surface area (TPSA) is 54.0 Å². The summed E-state index contributed by atoms with van der Waals surface area (Å²) in [5.41, 5.74) is 1.90. The average Bonchev–Trinajstić information content (AvgIpc) is 2.53. The number of para-hydroxylation sites is 2. The number of anilines is 2. The van der Waals surface area contributed by atoms with Crippen LogP contribution < -0.4 is 10.2 Å². The molecule has 6 heteroatoms. The molecule has 2 amide bonds. The van der Waals surface area contributed by atoms with E-state index in [4.69, 9.17) is 9.47 Å². The molecule has 0 radical (unpaired) electrons. The number of nitrogens with one attached hydrogen (secondary N) is 1. The number of morpholine rings is 2. The van der Waals surface area contributed by atoms with Crippen molar-refractivity contribution < 1.29 is 14.3 Å². The number of urea groups is 1. The third-order valence-electron chi connectivity index (χ3n) is 4.61. The largest absolute Gasteiger partial charge is 0.372 e. The van der Waals surface area contributed by atoms with E-state index in [1.165, 1.54) is 0 Å². The van der Waals surface area contributed by atoms with Crippen molar-refractivity contribution in [1.82, 2.24) is 4.90 Å². The van der Waals surface area contributed by atoms with Crippen molar-refractivity contribution in [3.8, 4) is 0 Å². The van der Waals surface area contributed by atoms with Crippen molar-refractivity contribution in [1.29, 1.82) is 0 Å². The highest BCUT2D eigenvalue weighted by atomic mass is 16.5. The summed E-state index contributed by atoms with van der Waals surface area (Å²) < 4.78 is 11.5. The minimum absolute atomic E-state index is 0.0608. The first-order valence-electron chi connectivity index (χ1n) is 9.13. The fraction of sp³-hybridized carbons (Fsp3) is 0.632. The quantitative estimate of drug-likeness (QED) is 0.894. The summed E-state index contributed by atoms with van der Waals surface area (Å²) in [4.78, 5) is 16.9. The Morgan fingerprint density at radius 2 is 1.44 bits per heavy atom. The summed E-state index contributed by atoms with van der Waals surface area (Å²) in [6.45, 7) is 11.0. The minimum Gasteiger partial charge on any atom is -0.372 e. The maximum Gasteiger partial charge on any atom is 0.322 e. The lowest BCUT2D eigenvalue weighted by atomic mass is 10.1. The highest BCUT2D eigenvalue weighted by Gasteiger charge is 2.28. The second kappa shape index (κ2) is 7.62. The molecule has 6 nitrogen and oxygen atoms in total. The van der Waals surface area contributed by atoms with Crippen LogP contribution >= 0.6 is 0 Å². The lowest BCUT2D eigenvalue weighted by molar-refractivity contribution is -0.0530. The van der Waals surface area contributed by atoms with Crippen molar-refractivity contribution in [3.63, 3.8) is 0 Å². The maximum absolute atomic E-state index is 12.7. The molecule has 138 valence electrons. The molecule has 0 aromatic heterocycles. The zero-order chi connectivity index (χ0) is 18.0. The maximum atomic E-state index is 12.7. The number of rotatable bonds is 2. The van der Waals surface area contributed by atoms with Gasteiger partial charge in [-0.15, -0.1) is 0 Å². The van der Waals surface area contributed by atoms with Crippen LogP contribution in [0.25, 0.3) is 0 Å². The molecule has 25 heavy (non-hydrogen) atoms. The molecule has 1 aromatic rings. The predicted molar refractivity (Wildman–Crippen MR) is 99.3 cm³/mol. The molecule has 2 heterocycles. The zero-order valence-corrected chi connectivity index (χ0v) is 15.6. The molecule has 4 atom stereocenters. The van der Waals surface area contributed by atoms with Crippen molar-refractivity contribution in [3.05, 3.63) is 24.3 Å².